The van der Waals surface area contributed by atoms with Crippen molar-refractivity contribution in [2.24, 2.45) is 0 Å². The molecular weight excluding hydrogens is 208 g/mol. The van der Waals surface area contributed by atoms with Crippen molar-refractivity contribution in [1.82, 2.24) is 5.32 Å². The summed E-state index contributed by atoms with van der Waals surface area (Å²) in [6.45, 7) is 0.482. The molecule has 0 bridgehead atoms. The predicted molar refractivity (Wildman–Crippen MR) is 59.7 cm³/mol. The van der Waals surface area contributed by atoms with Crippen molar-refractivity contribution in [2.75, 3.05) is 25.7 Å². The van der Waals surface area contributed by atoms with Crippen LogP contribution in [-0.4, -0.2) is 33.0 Å². The second-order valence-corrected chi connectivity index (χ2v) is 3.46. The van der Waals surface area contributed by atoms with Crippen LogP contribution in [0.1, 0.15) is 0 Å². The van der Waals surface area contributed by atoms with Crippen molar-refractivity contribution in [3.63, 3.8) is 0 Å². The van der Waals surface area contributed by atoms with Crippen molar-refractivity contribution >= 4 is 11.7 Å². The summed E-state index contributed by atoms with van der Waals surface area (Å²) < 4.78 is 10.3. The number of hydrogen-bond donors (Lipinski definition) is 1. The Morgan fingerprint density at radius 1 is 1.38 bits per heavy atom. The van der Waals surface area contributed by atoms with Crippen molar-refractivity contribution in [1.29, 1.82) is 0 Å². The first-order chi connectivity index (χ1) is 7.76. The maximum Gasteiger partial charge on any atom is 0.324 e. The highest BCUT2D eigenvalue weighted by Gasteiger charge is 2.31. The van der Waals surface area contributed by atoms with Gasteiger partial charge in [-0.2, -0.15) is 0 Å². The van der Waals surface area contributed by atoms with Gasteiger partial charge in [-0.1, -0.05) is 12.1 Å². The van der Waals surface area contributed by atoms with Crippen LogP contribution in [0.5, 0.6) is 5.75 Å². The molecule has 1 aromatic rings. The number of rotatable bonds is 3. The Morgan fingerprint density at radius 3 is 2.75 bits per heavy atom. The van der Waals surface area contributed by atoms with Gasteiger partial charge in [-0.25, -0.2) is 4.79 Å². The van der Waals surface area contributed by atoms with Crippen LogP contribution in [0.4, 0.5) is 10.5 Å². The van der Waals surface area contributed by atoms with E-state index in [9.17, 15) is 4.79 Å². The number of carbonyl (C=O) groups excluding carboxylic acids is 1. The SMILES string of the molecule is COc1ccccc1N1CC(OC)NC1=O. The van der Waals surface area contributed by atoms with E-state index in [1.165, 1.54) is 0 Å². The maximum atomic E-state index is 11.7. The highest BCUT2D eigenvalue weighted by molar-refractivity contribution is 5.95. The maximum absolute atomic E-state index is 11.7. The number of benzene rings is 1. The van der Waals surface area contributed by atoms with Crippen LogP contribution in [0.25, 0.3) is 0 Å². The Balaban J connectivity index is 2.27. The molecule has 0 aromatic heterocycles. The number of hydrogen-bond acceptors (Lipinski definition) is 3. The lowest BCUT2D eigenvalue weighted by Crippen LogP contribution is -2.29. The standard InChI is InChI=1S/C11H14N2O3/c1-15-9-6-4-3-5-8(9)13-7-10(16-2)12-11(13)14/h3-6,10H,7H2,1-2H3,(H,12,14). The molecule has 1 aromatic carbocycles. The summed E-state index contributed by atoms with van der Waals surface area (Å²) >= 11 is 0. The molecule has 1 fully saturated rings. The van der Waals surface area contributed by atoms with E-state index in [1.54, 1.807) is 19.1 Å². The molecule has 5 nitrogen and oxygen atoms in total. The van der Waals surface area contributed by atoms with Gasteiger partial charge in [-0.3, -0.25) is 4.90 Å². The average Bonchev–Trinajstić information content (AvgIpc) is 2.70. The first-order valence-electron chi connectivity index (χ1n) is 5.00. The fraction of sp³-hybridized carbons (Fsp3) is 0.364. The number of amides is 2. The Morgan fingerprint density at radius 2 is 2.12 bits per heavy atom. The molecule has 0 aliphatic carbocycles. The molecule has 0 spiro atoms. The minimum absolute atomic E-state index is 0.170. The number of para-hydroxylation sites is 2. The number of methoxy groups -OCH3 is 2. The van der Waals surface area contributed by atoms with Crippen LogP contribution in [0.15, 0.2) is 24.3 Å². The summed E-state index contributed by atoms with van der Waals surface area (Å²) in [5.41, 5.74) is 0.752. The molecular formula is C11H14N2O3. The Kier molecular flexibility index (Phi) is 2.96. The molecule has 1 atom stereocenters. The lowest BCUT2D eigenvalue weighted by molar-refractivity contribution is 0.105. The third-order valence-corrected chi connectivity index (χ3v) is 2.54. The van der Waals surface area contributed by atoms with Gasteiger partial charge in [-0.05, 0) is 12.1 Å². The van der Waals surface area contributed by atoms with E-state index in [1.807, 2.05) is 24.3 Å². The Labute approximate surface area is 93.9 Å². The summed E-state index contributed by atoms with van der Waals surface area (Å²) in [5, 5.41) is 2.71. The molecule has 0 saturated carbocycles. The fourth-order valence-electron chi connectivity index (χ4n) is 1.70. The molecule has 86 valence electrons. The van der Waals surface area contributed by atoms with Gasteiger partial charge in [0.2, 0.25) is 0 Å². The van der Waals surface area contributed by atoms with Gasteiger partial charge in [0.25, 0.3) is 0 Å². The minimum Gasteiger partial charge on any atom is -0.495 e. The normalized spacial score (nSPS) is 19.8. The third-order valence-electron chi connectivity index (χ3n) is 2.54. The lowest BCUT2D eigenvalue weighted by Gasteiger charge is -2.17. The third kappa shape index (κ3) is 1.81. The molecule has 5 heteroatoms. The van der Waals surface area contributed by atoms with Crippen LogP contribution >= 0.6 is 0 Å². The highest BCUT2D eigenvalue weighted by Crippen LogP contribution is 2.29. The number of ether oxygens (including phenoxy) is 2. The summed E-state index contributed by atoms with van der Waals surface area (Å²) in [7, 11) is 3.15. The van der Waals surface area contributed by atoms with Gasteiger partial charge in [0, 0.05) is 7.11 Å². The van der Waals surface area contributed by atoms with Crippen LogP contribution in [0, 0.1) is 0 Å². The first-order valence-corrected chi connectivity index (χ1v) is 5.00. The lowest BCUT2D eigenvalue weighted by atomic mass is 10.2. The monoisotopic (exact) mass is 222 g/mol. The van der Waals surface area contributed by atoms with Gasteiger partial charge in [0.15, 0.2) is 0 Å². The largest absolute Gasteiger partial charge is 0.495 e. The van der Waals surface area contributed by atoms with Crippen molar-refractivity contribution in [3.05, 3.63) is 24.3 Å². The first kappa shape index (κ1) is 10.8. The highest BCUT2D eigenvalue weighted by atomic mass is 16.5. The number of nitrogens with one attached hydrogen (secondary N) is 1. The molecule has 16 heavy (non-hydrogen) atoms. The van der Waals surface area contributed by atoms with E-state index in [4.69, 9.17) is 9.47 Å². The predicted octanol–water partition coefficient (Wildman–Crippen LogP) is 1.20. The topological polar surface area (TPSA) is 50.8 Å². The summed E-state index contributed by atoms with van der Waals surface area (Å²) in [5.74, 6) is 0.675. The second kappa shape index (κ2) is 4.40. The number of carbonyl (C=O) groups is 1. The van der Waals surface area contributed by atoms with Crippen LogP contribution in [0.3, 0.4) is 0 Å². The van der Waals surface area contributed by atoms with Crippen LogP contribution in [-0.2, 0) is 4.74 Å². The molecule has 1 aliphatic heterocycles. The zero-order valence-electron chi connectivity index (χ0n) is 9.27. The molecule has 1 N–H and O–H groups in total. The Bertz CT molecular complexity index is 395. The minimum atomic E-state index is -0.266. The van der Waals surface area contributed by atoms with E-state index in [0.29, 0.717) is 12.3 Å². The van der Waals surface area contributed by atoms with E-state index >= 15 is 0 Å². The van der Waals surface area contributed by atoms with Gasteiger partial charge in [0.1, 0.15) is 12.0 Å². The van der Waals surface area contributed by atoms with Gasteiger partial charge in [-0.15, -0.1) is 0 Å². The number of nitrogens with zero attached hydrogens (tertiary/aromatic N) is 1. The molecule has 0 radical (unpaired) electrons. The van der Waals surface area contributed by atoms with Crippen molar-refractivity contribution < 1.29 is 14.3 Å². The van der Waals surface area contributed by atoms with Crippen LogP contribution in [0.2, 0.25) is 0 Å². The summed E-state index contributed by atoms with van der Waals surface area (Å²) in [6, 6.07) is 7.23. The van der Waals surface area contributed by atoms with Gasteiger partial charge in [0.05, 0.1) is 19.3 Å². The van der Waals surface area contributed by atoms with Crippen molar-refractivity contribution in [2.45, 2.75) is 6.23 Å². The Hall–Kier alpha value is -1.75. The summed E-state index contributed by atoms with van der Waals surface area (Å²) in [4.78, 5) is 13.3. The molecule has 1 aliphatic rings. The van der Waals surface area contributed by atoms with E-state index < -0.39 is 0 Å². The van der Waals surface area contributed by atoms with Gasteiger partial charge < -0.3 is 14.8 Å². The fourth-order valence-corrected chi connectivity index (χ4v) is 1.70. The molecule has 1 unspecified atom stereocenters. The second-order valence-electron chi connectivity index (χ2n) is 3.46. The zero-order valence-corrected chi connectivity index (χ0v) is 9.27. The van der Waals surface area contributed by atoms with E-state index in [0.717, 1.165) is 5.69 Å². The smallest absolute Gasteiger partial charge is 0.324 e. The van der Waals surface area contributed by atoms with Crippen LogP contribution < -0.4 is 15.0 Å². The average molecular weight is 222 g/mol. The van der Waals surface area contributed by atoms with Gasteiger partial charge >= 0.3 is 6.03 Å². The molecule has 1 saturated heterocycles. The van der Waals surface area contributed by atoms with Crippen molar-refractivity contribution in [3.8, 4) is 5.75 Å². The quantitative estimate of drug-likeness (QED) is 0.836. The number of urea groups is 1. The molecule has 1 heterocycles. The van der Waals surface area contributed by atoms with E-state index in [2.05, 4.69) is 5.32 Å². The molecule has 2 amide bonds. The zero-order chi connectivity index (χ0) is 11.5. The number of anilines is 1. The van der Waals surface area contributed by atoms with E-state index in [-0.39, 0.29) is 12.3 Å². The summed E-state index contributed by atoms with van der Waals surface area (Å²) in [6.07, 6.45) is -0.266. The molecule has 2 rings (SSSR count).